The van der Waals surface area contributed by atoms with Crippen molar-refractivity contribution in [2.75, 3.05) is 25.6 Å². The van der Waals surface area contributed by atoms with Crippen molar-refractivity contribution in [1.29, 1.82) is 0 Å². The second-order valence-electron chi connectivity index (χ2n) is 4.17. The van der Waals surface area contributed by atoms with Gasteiger partial charge in [-0.25, -0.2) is 0 Å². The first-order chi connectivity index (χ1) is 9.97. The van der Waals surface area contributed by atoms with Crippen molar-refractivity contribution in [1.82, 2.24) is 4.90 Å². The van der Waals surface area contributed by atoms with Crippen LogP contribution in [-0.2, 0) is 9.59 Å². The van der Waals surface area contributed by atoms with Gasteiger partial charge in [-0.15, -0.1) is 0 Å². The van der Waals surface area contributed by atoms with Crippen molar-refractivity contribution in [3.8, 4) is 5.75 Å². The van der Waals surface area contributed by atoms with Gasteiger partial charge in [-0.05, 0) is 22.0 Å². The maximum atomic E-state index is 12.0. The normalized spacial score (nSPS) is 14.5. The van der Waals surface area contributed by atoms with Gasteiger partial charge < -0.3 is 15.2 Å². The summed E-state index contributed by atoms with van der Waals surface area (Å²) in [5.41, 5.74) is 0.537. The van der Waals surface area contributed by atoms with Crippen LogP contribution in [-0.4, -0.2) is 42.1 Å². The standard InChI is InChI=1S/C13H12BrClN2O4/c1-21-11-5-9(8(15)4-7(11)14)16-10-6-12(19)17(2-3-18)13(10)20/h4-6,16,18H,2-3H2,1H3. The molecule has 21 heavy (non-hydrogen) atoms. The van der Waals surface area contributed by atoms with Crippen LogP contribution >= 0.6 is 27.5 Å². The van der Waals surface area contributed by atoms with Gasteiger partial charge >= 0.3 is 0 Å². The van der Waals surface area contributed by atoms with Gasteiger partial charge in [0.05, 0.1) is 35.4 Å². The fourth-order valence-corrected chi connectivity index (χ4v) is 2.68. The van der Waals surface area contributed by atoms with Crippen molar-refractivity contribution >= 4 is 45.0 Å². The van der Waals surface area contributed by atoms with E-state index >= 15 is 0 Å². The van der Waals surface area contributed by atoms with Crippen molar-refractivity contribution in [2.45, 2.75) is 0 Å². The molecule has 6 nitrogen and oxygen atoms in total. The van der Waals surface area contributed by atoms with E-state index in [1.54, 1.807) is 12.1 Å². The summed E-state index contributed by atoms with van der Waals surface area (Å²) >= 11 is 9.39. The van der Waals surface area contributed by atoms with E-state index in [4.69, 9.17) is 21.4 Å². The molecule has 1 aliphatic heterocycles. The smallest absolute Gasteiger partial charge is 0.277 e. The van der Waals surface area contributed by atoms with Crippen LogP contribution in [0.5, 0.6) is 5.75 Å². The highest BCUT2D eigenvalue weighted by molar-refractivity contribution is 9.10. The van der Waals surface area contributed by atoms with Crippen LogP contribution in [0.15, 0.2) is 28.4 Å². The molecule has 112 valence electrons. The number of β-amino-alcohol motifs (C(OH)–C–C–N with tert-alkyl or cyclic N) is 1. The van der Waals surface area contributed by atoms with Crippen LogP contribution in [0.1, 0.15) is 0 Å². The summed E-state index contributed by atoms with van der Waals surface area (Å²) in [6.07, 6.45) is 1.17. The number of ether oxygens (including phenoxy) is 1. The summed E-state index contributed by atoms with van der Waals surface area (Å²) in [6, 6.07) is 3.23. The Morgan fingerprint density at radius 2 is 2.14 bits per heavy atom. The third-order valence-corrected chi connectivity index (χ3v) is 3.78. The predicted octanol–water partition coefficient (Wildman–Crippen LogP) is 1.77. The molecule has 8 heteroatoms. The lowest BCUT2D eigenvalue weighted by molar-refractivity contribution is -0.137. The number of carbonyl (C=O) groups excluding carboxylic acids is 2. The Morgan fingerprint density at radius 1 is 1.43 bits per heavy atom. The van der Waals surface area contributed by atoms with Gasteiger partial charge in [0.15, 0.2) is 0 Å². The fraction of sp³-hybridized carbons (Fsp3) is 0.231. The fourth-order valence-electron chi connectivity index (χ4n) is 1.84. The van der Waals surface area contributed by atoms with Gasteiger partial charge in [0, 0.05) is 12.1 Å². The van der Waals surface area contributed by atoms with Crippen molar-refractivity contribution in [3.63, 3.8) is 0 Å². The number of nitrogens with one attached hydrogen (secondary N) is 1. The van der Waals surface area contributed by atoms with Gasteiger partial charge in [0.2, 0.25) is 0 Å². The van der Waals surface area contributed by atoms with Gasteiger partial charge in [0.25, 0.3) is 11.8 Å². The van der Waals surface area contributed by atoms with E-state index in [9.17, 15) is 9.59 Å². The molecule has 2 amide bonds. The number of benzene rings is 1. The van der Waals surface area contributed by atoms with Gasteiger partial charge in [-0.3, -0.25) is 14.5 Å². The van der Waals surface area contributed by atoms with E-state index in [1.807, 2.05) is 0 Å². The van der Waals surface area contributed by atoms with Crippen LogP contribution in [0.2, 0.25) is 5.02 Å². The van der Waals surface area contributed by atoms with Crippen LogP contribution in [0.4, 0.5) is 5.69 Å². The zero-order chi connectivity index (χ0) is 15.6. The lowest BCUT2D eigenvalue weighted by Gasteiger charge is -2.14. The number of rotatable bonds is 5. The molecule has 0 bridgehead atoms. The molecule has 0 saturated carbocycles. The number of halogens is 2. The molecular formula is C13H12BrClN2O4. The molecule has 0 saturated heterocycles. The molecule has 0 atom stereocenters. The molecule has 1 aliphatic rings. The van der Waals surface area contributed by atoms with Crippen LogP contribution in [0, 0.1) is 0 Å². The number of hydrogen-bond donors (Lipinski definition) is 2. The van der Waals surface area contributed by atoms with E-state index < -0.39 is 11.8 Å². The highest BCUT2D eigenvalue weighted by Gasteiger charge is 2.31. The van der Waals surface area contributed by atoms with Gasteiger partial charge in [-0.1, -0.05) is 11.6 Å². The Morgan fingerprint density at radius 3 is 2.76 bits per heavy atom. The number of aliphatic hydroxyl groups excluding tert-OH is 1. The van der Waals surface area contributed by atoms with E-state index in [0.29, 0.717) is 20.9 Å². The summed E-state index contributed by atoms with van der Waals surface area (Å²) < 4.78 is 5.82. The molecular weight excluding hydrogens is 364 g/mol. The highest BCUT2D eigenvalue weighted by Crippen LogP contribution is 2.35. The number of anilines is 1. The Labute approximate surface area is 134 Å². The van der Waals surface area contributed by atoms with Crippen LogP contribution in [0.3, 0.4) is 0 Å². The van der Waals surface area contributed by atoms with E-state index in [2.05, 4.69) is 21.2 Å². The molecule has 1 aromatic carbocycles. The topological polar surface area (TPSA) is 78.9 Å². The Kier molecular flexibility index (Phi) is 4.87. The minimum absolute atomic E-state index is 0.0449. The predicted molar refractivity (Wildman–Crippen MR) is 81.2 cm³/mol. The number of carbonyl (C=O) groups is 2. The Bertz CT molecular complexity index is 633. The minimum Gasteiger partial charge on any atom is -0.495 e. The quantitative estimate of drug-likeness (QED) is 0.767. The van der Waals surface area contributed by atoms with Crippen molar-refractivity contribution in [2.24, 2.45) is 0 Å². The third-order valence-electron chi connectivity index (χ3n) is 2.84. The Hall–Kier alpha value is -1.57. The zero-order valence-corrected chi connectivity index (χ0v) is 13.4. The molecule has 0 radical (unpaired) electrons. The minimum atomic E-state index is -0.507. The SMILES string of the molecule is COc1cc(NC2=CC(=O)N(CCO)C2=O)c(Cl)cc1Br. The maximum absolute atomic E-state index is 12.0. The molecule has 0 aromatic heterocycles. The highest BCUT2D eigenvalue weighted by atomic mass is 79.9. The van der Waals surface area contributed by atoms with Crippen molar-refractivity contribution in [3.05, 3.63) is 33.4 Å². The number of imide groups is 1. The van der Waals surface area contributed by atoms with E-state index in [1.165, 1.54) is 13.2 Å². The van der Waals surface area contributed by atoms with Gasteiger partial charge in [0.1, 0.15) is 11.4 Å². The number of nitrogens with zero attached hydrogens (tertiary/aromatic N) is 1. The summed E-state index contributed by atoms with van der Waals surface area (Å²) in [5.74, 6) is -0.449. The lowest BCUT2D eigenvalue weighted by Crippen LogP contribution is -2.34. The summed E-state index contributed by atoms with van der Waals surface area (Å²) in [7, 11) is 1.50. The molecule has 0 spiro atoms. The number of aliphatic hydroxyl groups is 1. The second kappa shape index (κ2) is 6.46. The first-order valence-electron chi connectivity index (χ1n) is 5.96. The zero-order valence-electron chi connectivity index (χ0n) is 11.0. The average molecular weight is 376 g/mol. The molecule has 1 aromatic rings. The molecule has 0 aliphatic carbocycles. The first-order valence-corrected chi connectivity index (χ1v) is 7.13. The lowest BCUT2D eigenvalue weighted by atomic mass is 10.2. The second-order valence-corrected chi connectivity index (χ2v) is 5.43. The summed E-state index contributed by atoms with van der Waals surface area (Å²) in [6.45, 7) is -0.331. The van der Waals surface area contributed by atoms with Crippen LogP contribution < -0.4 is 10.1 Å². The molecule has 0 fully saturated rings. The molecule has 2 N–H and O–H groups in total. The third kappa shape index (κ3) is 3.20. The van der Waals surface area contributed by atoms with Gasteiger partial charge in [-0.2, -0.15) is 0 Å². The summed E-state index contributed by atoms with van der Waals surface area (Å²) in [5, 5.41) is 12.0. The summed E-state index contributed by atoms with van der Waals surface area (Å²) in [4.78, 5) is 24.6. The Balaban J connectivity index is 2.25. The maximum Gasteiger partial charge on any atom is 0.277 e. The monoisotopic (exact) mass is 374 g/mol. The van der Waals surface area contributed by atoms with E-state index in [0.717, 1.165) is 4.90 Å². The molecule has 0 unspecified atom stereocenters. The molecule has 2 rings (SSSR count). The largest absolute Gasteiger partial charge is 0.495 e. The number of methoxy groups -OCH3 is 1. The average Bonchev–Trinajstić information content (AvgIpc) is 2.70. The van der Waals surface area contributed by atoms with Crippen LogP contribution in [0.25, 0.3) is 0 Å². The number of amides is 2. The number of hydrogen-bond acceptors (Lipinski definition) is 5. The van der Waals surface area contributed by atoms with Crippen molar-refractivity contribution < 1.29 is 19.4 Å². The molecule has 1 heterocycles. The first kappa shape index (κ1) is 15.8. The van der Waals surface area contributed by atoms with E-state index in [-0.39, 0.29) is 18.8 Å².